The molecule has 2 atom stereocenters. The smallest absolute Gasteiger partial charge is 0.365 e. The van der Waals surface area contributed by atoms with E-state index in [1.54, 1.807) is 24.5 Å². The number of ether oxygens (including phenoxy) is 2. The monoisotopic (exact) mass is 616 g/mol. The van der Waals surface area contributed by atoms with Crippen LogP contribution in [0.3, 0.4) is 0 Å². The summed E-state index contributed by atoms with van der Waals surface area (Å²) in [5.74, 6) is 8.70. The first-order chi connectivity index (χ1) is 20.0. The Morgan fingerprint density at radius 2 is 1.56 bits per heavy atom. The second kappa shape index (κ2) is 18.3. The zero-order chi connectivity index (χ0) is 29.5. The molecule has 1 N–H and O–H groups in total. The van der Waals surface area contributed by atoms with E-state index in [1.807, 2.05) is 12.1 Å². The first-order valence-corrected chi connectivity index (χ1v) is 17.8. The van der Waals surface area contributed by atoms with Crippen LogP contribution in [0.15, 0.2) is 36.4 Å². The van der Waals surface area contributed by atoms with Crippen molar-refractivity contribution in [2.45, 2.75) is 91.4 Å². The van der Waals surface area contributed by atoms with Crippen molar-refractivity contribution in [3.63, 3.8) is 0 Å². The Morgan fingerprint density at radius 1 is 0.878 bits per heavy atom. The van der Waals surface area contributed by atoms with Crippen LogP contribution in [0, 0.1) is 17.8 Å². The topological polar surface area (TPSA) is 65.0 Å². The highest BCUT2D eigenvalue weighted by Gasteiger charge is 2.19. The van der Waals surface area contributed by atoms with Crippen molar-refractivity contribution in [3.05, 3.63) is 41.3 Å². The molecule has 2 aromatic heterocycles. The van der Waals surface area contributed by atoms with Crippen LogP contribution in [-0.2, 0) is 4.57 Å². The van der Waals surface area contributed by atoms with Gasteiger partial charge in [-0.05, 0) is 55.2 Å². The molecule has 224 valence electrons. The lowest BCUT2D eigenvalue weighted by atomic mass is 10.0. The first kappa shape index (κ1) is 33.3. The molecule has 3 aromatic rings. The Bertz CT molecular complexity index is 1290. The summed E-state index contributed by atoms with van der Waals surface area (Å²) < 4.78 is 28.7. The third-order valence-corrected chi connectivity index (χ3v) is 9.67. The highest BCUT2D eigenvalue weighted by Crippen LogP contribution is 2.46. The molecule has 0 aliphatic heterocycles. The van der Waals surface area contributed by atoms with Gasteiger partial charge in [0.15, 0.2) is 5.06 Å². The molecule has 3 rings (SSSR count). The summed E-state index contributed by atoms with van der Waals surface area (Å²) >= 11 is 2.98. The number of rotatable bonds is 18. The SMILES string of the molecule is CCCCCCCCC#Cc1ccc(-c2cc(OCC(CC)CCCC)c(-c3ccc(O[PH](=O)O)s3)cc2OC)s1. The molecule has 0 saturated heterocycles. The minimum atomic E-state index is -3.07. The molecule has 0 spiro atoms. The highest BCUT2D eigenvalue weighted by atomic mass is 32.1. The summed E-state index contributed by atoms with van der Waals surface area (Å²) in [5, 5.41) is 0.400. The van der Waals surface area contributed by atoms with E-state index in [9.17, 15) is 9.46 Å². The Morgan fingerprint density at radius 3 is 2.29 bits per heavy atom. The van der Waals surface area contributed by atoms with Gasteiger partial charge in [0.05, 0.1) is 18.6 Å². The zero-order valence-corrected chi connectivity index (χ0v) is 27.6. The van der Waals surface area contributed by atoms with Crippen LogP contribution in [0.1, 0.15) is 96.3 Å². The standard InChI is InChI=1S/C33H45O5PS2/c1-5-8-10-11-12-13-14-15-17-26-18-19-31(40-26)27-23-30(37-24-25(7-3)16-9-6-2)28(22-29(27)36-4)32-20-21-33(41-32)38-39(34)35/h18-23,25,39H,5-14,16,24H2,1-4H3,(H,34,35). The van der Waals surface area contributed by atoms with E-state index in [1.165, 1.54) is 56.3 Å². The fourth-order valence-corrected chi connectivity index (χ4v) is 6.92. The molecule has 0 radical (unpaired) electrons. The summed E-state index contributed by atoms with van der Waals surface area (Å²) in [6.07, 6.45) is 13.1. The molecular weight excluding hydrogens is 571 g/mol. The van der Waals surface area contributed by atoms with Crippen molar-refractivity contribution in [2.24, 2.45) is 5.92 Å². The highest BCUT2D eigenvalue weighted by molar-refractivity contribution is 7.33. The van der Waals surface area contributed by atoms with E-state index in [0.717, 1.165) is 62.9 Å². The van der Waals surface area contributed by atoms with E-state index in [-0.39, 0.29) is 0 Å². The summed E-state index contributed by atoms with van der Waals surface area (Å²) in [7, 11) is -1.39. The molecule has 0 aliphatic rings. The number of thiophene rings is 2. The van der Waals surface area contributed by atoms with Gasteiger partial charge in [-0.1, -0.05) is 95.3 Å². The van der Waals surface area contributed by atoms with Crippen molar-refractivity contribution < 1.29 is 23.5 Å². The van der Waals surface area contributed by atoms with Crippen molar-refractivity contribution in [1.29, 1.82) is 0 Å². The van der Waals surface area contributed by atoms with Gasteiger partial charge in [0.2, 0.25) is 0 Å². The van der Waals surface area contributed by atoms with Crippen LogP contribution in [0.5, 0.6) is 16.6 Å². The molecule has 2 heterocycles. The predicted octanol–water partition coefficient (Wildman–Crippen LogP) is 10.6. The summed E-state index contributed by atoms with van der Waals surface area (Å²) in [5.41, 5.74) is 1.85. The first-order valence-electron chi connectivity index (χ1n) is 14.9. The van der Waals surface area contributed by atoms with Crippen molar-refractivity contribution in [1.82, 2.24) is 0 Å². The molecule has 8 heteroatoms. The number of hydrogen-bond donors (Lipinski definition) is 1. The van der Waals surface area contributed by atoms with Gasteiger partial charge in [0, 0.05) is 27.3 Å². The normalized spacial score (nSPS) is 12.4. The van der Waals surface area contributed by atoms with Gasteiger partial charge >= 0.3 is 8.25 Å². The van der Waals surface area contributed by atoms with Gasteiger partial charge in [0.1, 0.15) is 11.5 Å². The van der Waals surface area contributed by atoms with Gasteiger partial charge in [-0.15, -0.1) is 11.3 Å². The van der Waals surface area contributed by atoms with Gasteiger partial charge in [-0.3, -0.25) is 0 Å². The third kappa shape index (κ3) is 10.8. The van der Waals surface area contributed by atoms with E-state index in [2.05, 4.69) is 50.8 Å². The van der Waals surface area contributed by atoms with Crippen LogP contribution in [0.2, 0.25) is 0 Å². The van der Waals surface area contributed by atoms with Gasteiger partial charge in [0.25, 0.3) is 0 Å². The lowest BCUT2D eigenvalue weighted by Gasteiger charge is -2.19. The summed E-state index contributed by atoms with van der Waals surface area (Å²) in [6, 6.07) is 11.9. The van der Waals surface area contributed by atoms with Crippen molar-refractivity contribution in [3.8, 4) is 49.3 Å². The van der Waals surface area contributed by atoms with Crippen LogP contribution >= 0.6 is 30.9 Å². The quantitative estimate of drug-likeness (QED) is 0.0875. The molecule has 2 unspecified atom stereocenters. The Hall–Kier alpha value is -2.23. The van der Waals surface area contributed by atoms with Crippen LogP contribution in [0.4, 0.5) is 0 Å². The molecule has 0 bridgehead atoms. The number of hydrogen-bond acceptors (Lipinski definition) is 6. The van der Waals surface area contributed by atoms with Gasteiger partial charge in [-0.25, -0.2) is 4.57 Å². The van der Waals surface area contributed by atoms with E-state index < -0.39 is 8.25 Å². The fourth-order valence-electron chi connectivity index (χ4n) is 4.64. The number of unbranched alkanes of at least 4 members (excludes halogenated alkanes) is 7. The van der Waals surface area contributed by atoms with Crippen LogP contribution in [0.25, 0.3) is 20.9 Å². The summed E-state index contributed by atoms with van der Waals surface area (Å²) in [4.78, 5) is 12.2. The van der Waals surface area contributed by atoms with Gasteiger partial charge in [-0.2, -0.15) is 0 Å². The molecule has 41 heavy (non-hydrogen) atoms. The van der Waals surface area contributed by atoms with Crippen molar-refractivity contribution >= 4 is 30.9 Å². The molecule has 1 aromatic carbocycles. The summed E-state index contributed by atoms with van der Waals surface area (Å²) in [6.45, 7) is 7.31. The minimum absolute atomic E-state index is 0.400. The van der Waals surface area contributed by atoms with E-state index >= 15 is 0 Å². The Kier molecular flexibility index (Phi) is 14.9. The maximum absolute atomic E-state index is 11.2. The predicted molar refractivity (Wildman–Crippen MR) is 175 cm³/mol. The molecule has 5 nitrogen and oxygen atoms in total. The lowest BCUT2D eigenvalue weighted by Crippen LogP contribution is -2.11. The Balaban J connectivity index is 1.85. The number of benzene rings is 1. The average molecular weight is 617 g/mol. The number of methoxy groups -OCH3 is 1. The van der Waals surface area contributed by atoms with Crippen LogP contribution in [-0.4, -0.2) is 18.6 Å². The molecule has 0 fully saturated rings. The average Bonchev–Trinajstić information content (AvgIpc) is 3.63. The van der Waals surface area contributed by atoms with Crippen molar-refractivity contribution in [2.75, 3.05) is 13.7 Å². The molecule has 0 aliphatic carbocycles. The molecular formula is C33H45O5PS2. The van der Waals surface area contributed by atoms with E-state index in [4.69, 9.17) is 14.0 Å². The van der Waals surface area contributed by atoms with Crippen LogP contribution < -0.4 is 14.0 Å². The second-order valence-electron chi connectivity index (χ2n) is 10.2. The fraction of sp³-hybridized carbons (Fsp3) is 0.515. The lowest BCUT2D eigenvalue weighted by molar-refractivity contribution is 0.234. The maximum atomic E-state index is 11.2. The minimum Gasteiger partial charge on any atom is -0.496 e. The largest absolute Gasteiger partial charge is 0.496 e. The molecule has 0 amide bonds. The Labute approximate surface area is 255 Å². The maximum Gasteiger partial charge on any atom is 0.365 e. The zero-order valence-electron chi connectivity index (χ0n) is 24.9. The molecule has 0 saturated carbocycles. The van der Waals surface area contributed by atoms with E-state index in [0.29, 0.717) is 17.6 Å². The second-order valence-corrected chi connectivity index (χ2v) is 13.1. The van der Waals surface area contributed by atoms with Gasteiger partial charge < -0.3 is 18.9 Å². The third-order valence-electron chi connectivity index (χ3n) is 7.09.